The van der Waals surface area contributed by atoms with Crippen LogP contribution in [0.15, 0.2) is 78.4 Å². The number of benzene rings is 3. The third-order valence-electron chi connectivity index (χ3n) is 5.20. The molecule has 1 heterocycles. The van der Waals surface area contributed by atoms with Crippen LogP contribution >= 0.6 is 11.6 Å². The second-order valence-corrected chi connectivity index (χ2v) is 7.76. The Bertz CT molecular complexity index is 1250. The molecule has 166 valence electrons. The summed E-state index contributed by atoms with van der Waals surface area (Å²) >= 11 is 6.31. The lowest BCUT2D eigenvalue weighted by molar-refractivity contribution is -0.122. The number of imide groups is 2. The molecule has 6 nitrogen and oxygen atoms in total. The van der Waals surface area contributed by atoms with E-state index in [2.05, 4.69) is 5.32 Å². The van der Waals surface area contributed by atoms with E-state index in [1.54, 1.807) is 24.3 Å². The summed E-state index contributed by atoms with van der Waals surface area (Å²) in [5.41, 5.74) is 2.72. The summed E-state index contributed by atoms with van der Waals surface area (Å²) in [5.74, 6) is -0.813. The van der Waals surface area contributed by atoms with Gasteiger partial charge in [-0.1, -0.05) is 54.1 Å². The first-order valence-corrected chi connectivity index (χ1v) is 10.8. The summed E-state index contributed by atoms with van der Waals surface area (Å²) in [5, 5.41) is 2.89. The second kappa shape index (κ2) is 9.71. The number of carbonyl (C=O) groups excluding carboxylic acids is 3. The minimum atomic E-state index is -0.796. The molecule has 0 saturated carbocycles. The Labute approximate surface area is 196 Å². The van der Waals surface area contributed by atoms with Crippen LogP contribution in [0, 0.1) is 0 Å². The van der Waals surface area contributed by atoms with Crippen molar-refractivity contribution in [1.29, 1.82) is 0 Å². The lowest BCUT2D eigenvalue weighted by Crippen LogP contribution is -2.54. The number of urea groups is 1. The third kappa shape index (κ3) is 4.81. The molecule has 1 aliphatic rings. The first-order valence-electron chi connectivity index (χ1n) is 10.4. The summed E-state index contributed by atoms with van der Waals surface area (Å²) in [6, 6.07) is 20.7. The summed E-state index contributed by atoms with van der Waals surface area (Å²) in [6.45, 7) is 2.36. The number of barbiturate groups is 1. The molecule has 0 unspecified atom stereocenters. The van der Waals surface area contributed by atoms with Crippen LogP contribution in [-0.2, 0) is 16.0 Å². The van der Waals surface area contributed by atoms with Crippen molar-refractivity contribution in [3.63, 3.8) is 0 Å². The molecule has 3 aromatic carbocycles. The summed E-state index contributed by atoms with van der Waals surface area (Å²) in [4.78, 5) is 39.2. The van der Waals surface area contributed by atoms with Crippen LogP contribution in [0.2, 0.25) is 5.02 Å². The van der Waals surface area contributed by atoms with Crippen LogP contribution in [0.4, 0.5) is 10.5 Å². The zero-order chi connectivity index (χ0) is 23.4. The molecular formula is C26H21ClN2O4. The van der Waals surface area contributed by atoms with E-state index in [1.165, 1.54) is 6.08 Å². The van der Waals surface area contributed by atoms with Crippen molar-refractivity contribution in [1.82, 2.24) is 5.32 Å². The van der Waals surface area contributed by atoms with Gasteiger partial charge in [-0.3, -0.25) is 14.9 Å². The van der Waals surface area contributed by atoms with E-state index in [1.807, 2.05) is 55.5 Å². The number of rotatable bonds is 6. The maximum absolute atomic E-state index is 13.2. The van der Waals surface area contributed by atoms with Crippen molar-refractivity contribution in [3.8, 4) is 5.75 Å². The third-order valence-corrected chi connectivity index (χ3v) is 5.57. The Balaban J connectivity index is 1.68. The fourth-order valence-corrected chi connectivity index (χ4v) is 3.79. The highest BCUT2D eigenvalue weighted by atomic mass is 35.5. The molecule has 4 amide bonds. The fourth-order valence-electron chi connectivity index (χ4n) is 3.59. The van der Waals surface area contributed by atoms with Gasteiger partial charge in [-0.25, -0.2) is 9.69 Å². The molecular weight excluding hydrogens is 440 g/mol. The van der Waals surface area contributed by atoms with Gasteiger partial charge in [-0.15, -0.1) is 0 Å². The molecule has 0 atom stereocenters. The van der Waals surface area contributed by atoms with Crippen LogP contribution in [0.1, 0.15) is 23.6 Å². The van der Waals surface area contributed by atoms with Gasteiger partial charge in [0, 0.05) is 5.02 Å². The zero-order valence-electron chi connectivity index (χ0n) is 17.9. The maximum atomic E-state index is 13.2. The average molecular weight is 461 g/mol. The Morgan fingerprint density at radius 3 is 2.27 bits per heavy atom. The minimum absolute atomic E-state index is 0.130. The number of carbonyl (C=O) groups is 3. The summed E-state index contributed by atoms with van der Waals surface area (Å²) in [7, 11) is 0. The highest BCUT2D eigenvalue weighted by Crippen LogP contribution is 2.26. The van der Waals surface area contributed by atoms with Crippen molar-refractivity contribution in [2.75, 3.05) is 11.5 Å². The van der Waals surface area contributed by atoms with Gasteiger partial charge < -0.3 is 4.74 Å². The Hall–Kier alpha value is -3.90. The van der Waals surface area contributed by atoms with Crippen LogP contribution in [0.5, 0.6) is 5.75 Å². The predicted octanol–water partition coefficient (Wildman–Crippen LogP) is 5.00. The molecule has 1 saturated heterocycles. The van der Waals surface area contributed by atoms with Gasteiger partial charge in [0.2, 0.25) is 0 Å². The first kappa shape index (κ1) is 22.3. The van der Waals surface area contributed by atoms with Gasteiger partial charge in [0.1, 0.15) is 11.3 Å². The Kier molecular flexibility index (Phi) is 6.56. The number of anilines is 1. The quantitative estimate of drug-likeness (QED) is 0.415. The maximum Gasteiger partial charge on any atom is 0.335 e. The van der Waals surface area contributed by atoms with E-state index in [9.17, 15) is 14.4 Å². The van der Waals surface area contributed by atoms with E-state index in [4.69, 9.17) is 16.3 Å². The minimum Gasteiger partial charge on any atom is -0.494 e. The smallest absolute Gasteiger partial charge is 0.335 e. The number of hydrogen-bond acceptors (Lipinski definition) is 4. The number of amides is 4. The van der Waals surface area contributed by atoms with Gasteiger partial charge in [-0.05, 0) is 66.4 Å². The van der Waals surface area contributed by atoms with Crippen LogP contribution in [0.3, 0.4) is 0 Å². The van der Waals surface area contributed by atoms with E-state index >= 15 is 0 Å². The van der Waals surface area contributed by atoms with Crippen molar-refractivity contribution in [3.05, 3.63) is 100 Å². The van der Waals surface area contributed by atoms with E-state index in [0.29, 0.717) is 35.1 Å². The Morgan fingerprint density at radius 2 is 1.58 bits per heavy atom. The standard InChI is InChI=1S/C26H21ClN2O4/c1-2-33-21-13-11-20(12-14-21)29-25(31)22(24(30)28-26(29)32)16-18-8-4-3-7-17(18)15-19-9-5-6-10-23(19)27/h3-14,16H,2,15H2,1H3,(H,28,30,32)/b22-16+. The van der Waals surface area contributed by atoms with E-state index in [-0.39, 0.29) is 5.57 Å². The number of hydrogen-bond donors (Lipinski definition) is 1. The van der Waals surface area contributed by atoms with Gasteiger partial charge in [0.15, 0.2) is 0 Å². The average Bonchev–Trinajstić information content (AvgIpc) is 2.80. The molecule has 1 aliphatic heterocycles. The van der Waals surface area contributed by atoms with Gasteiger partial charge >= 0.3 is 6.03 Å². The highest BCUT2D eigenvalue weighted by Gasteiger charge is 2.36. The molecule has 1 fully saturated rings. The van der Waals surface area contributed by atoms with Crippen molar-refractivity contribution >= 4 is 41.2 Å². The SMILES string of the molecule is CCOc1ccc(N2C(=O)NC(=O)/C(=C\c3ccccc3Cc3ccccc3Cl)C2=O)cc1. The molecule has 7 heteroatoms. The molecule has 4 rings (SSSR count). The Morgan fingerprint density at radius 1 is 0.909 bits per heavy atom. The number of nitrogens with zero attached hydrogens (tertiary/aromatic N) is 1. The van der Waals surface area contributed by atoms with Gasteiger partial charge in [0.25, 0.3) is 11.8 Å². The highest BCUT2D eigenvalue weighted by molar-refractivity contribution is 6.39. The first-order chi connectivity index (χ1) is 16.0. The van der Waals surface area contributed by atoms with Crippen molar-refractivity contribution in [2.24, 2.45) is 0 Å². The molecule has 33 heavy (non-hydrogen) atoms. The van der Waals surface area contributed by atoms with Crippen molar-refractivity contribution < 1.29 is 19.1 Å². The number of ether oxygens (including phenoxy) is 1. The largest absolute Gasteiger partial charge is 0.494 e. The molecule has 1 N–H and O–H groups in total. The molecule has 0 spiro atoms. The zero-order valence-corrected chi connectivity index (χ0v) is 18.6. The van der Waals surface area contributed by atoms with Crippen molar-refractivity contribution in [2.45, 2.75) is 13.3 Å². The van der Waals surface area contributed by atoms with Gasteiger partial charge in [0.05, 0.1) is 12.3 Å². The summed E-state index contributed by atoms with van der Waals surface area (Å²) in [6.07, 6.45) is 2.04. The monoisotopic (exact) mass is 460 g/mol. The van der Waals surface area contributed by atoms with Crippen LogP contribution in [0.25, 0.3) is 6.08 Å². The molecule has 0 radical (unpaired) electrons. The van der Waals surface area contributed by atoms with Gasteiger partial charge in [-0.2, -0.15) is 0 Å². The normalized spacial score (nSPS) is 15.0. The molecule has 0 aliphatic carbocycles. The number of nitrogens with one attached hydrogen (secondary N) is 1. The van der Waals surface area contributed by atoms with Crippen LogP contribution in [-0.4, -0.2) is 24.5 Å². The summed E-state index contributed by atoms with van der Waals surface area (Å²) < 4.78 is 5.41. The molecule has 0 aromatic heterocycles. The molecule has 0 bridgehead atoms. The topological polar surface area (TPSA) is 75.7 Å². The predicted molar refractivity (Wildman–Crippen MR) is 127 cm³/mol. The fraction of sp³-hybridized carbons (Fsp3) is 0.115. The van der Waals surface area contributed by atoms with E-state index in [0.717, 1.165) is 16.0 Å². The number of halogens is 1. The van der Waals surface area contributed by atoms with E-state index < -0.39 is 17.8 Å². The second-order valence-electron chi connectivity index (χ2n) is 7.35. The molecule has 3 aromatic rings. The lowest BCUT2D eigenvalue weighted by atomic mass is 9.97. The lowest BCUT2D eigenvalue weighted by Gasteiger charge is -2.26. The van der Waals surface area contributed by atoms with Crippen LogP contribution < -0.4 is 15.0 Å².